The molecule has 0 aliphatic rings. The molecule has 5 N–H and O–H groups in total. The molecule has 8 nitrogen and oxygen atoms in total. The zero-order chi connectivity index (χ0) is 12.1. The van der Waals surface area contributed by atoms with Gasteiger partial charge in [-0.2, -0.15) is 4.99 Å². The van der Waals surface area contributed by atoms with Crippen molar-refractivity contribution in [3.63, 3.8) is 0 Å². The molecule has 0 saturated heterocycles. The van der Waals surface area contributed by atoms with Gasteiger partial charge in [-0.15, -0.1) is 0 Å². The molecular weight excluding hydrogens is 214 g/mol. The number of nitrogens with one attached hydrogen (secondary N) is 1. The van der Waals surface area contributed by atoms with Crippen LogP contribution in [0.5, 0.6) is 0 Å². The van der Waals surface area contributed by atoms with E-state index >= 15 is 0 Å². The number of nitrogens with two attached hydrogens (primary N) is 2. The van der Waals surface area contributed by atoms with Gasteiger partial charge in [-0.25, -0.2) is 4.79 Å². The number of nitro benzene ring substituents is 1. The maximum absolute atomic E-state index is 11.1. The Morgan fingerprint density at radius 2 is 2.12 bits per heavy atom. The number of aliphatic imine (C=N–C) groups is 1. The van der Waals surface area contributed by atoms with Gasteiger partial charge in [-0.05, 0) is 6.07 Å². The standard InChI is InChI=1S/C8H9N5O3/c9-7(10)12-8(14)11-5-2-1-3-6(4-5)13(15)16/h1-4H,(H5,9,10,11,12,14). The van der Waals surface area contributed by atoms with E-state index in [0.717, 1.165) is 0 Å². The number of urea groups is 1. The van der Waals surface area contributed by atoms with Gasteiger partial charge in [0, 0.05) is 17.8 Å². The monoisotopic (exact) mass is 223 g/mol. The number of non-ortho nitro benzene ring substituents is 1. The Hall–Kier alpha value is -2.64. The summed E-state index contributed by atoms with van der Waals surface area (Å²) < 4.78 is 0. The van der Waals surface area contributed by atoms with Crippen molar-refractivity contribution in [2.24, 2.45) is 16.5 Å². The van der Waals surface area contributed by atoms with Crippen molar-refractivity contribution < 1.29 is 9.72 Å². The van der Waals surface area contributed by atoms with E-state index in [4.69, 9.17) is 11.5 Å². The van der Waals surface area contributed by atoms with Gasteiger partial charge >= 0.3 is 6.03 Å². The highest BCUT2D eigenvalue weighted by Gasteiger charge is 2.07. The van der Waals surface area contributed by atoms with Gasteiger partial charge in [0.05, 0.1) is 4.92 Å². The lowest BCUT2D eigenvalue weighted by atomic mass is 10.3. The van der Waals surface area contributed by atoms with E-state index in [1.54, 1.807) is 0 Å². The third-order valence-corrected chi connectivity index (χ3v) is 1.54. The lowest BCUT2D eigenvalue weighted by molar-refractivity contribution is -0.384. The predicted octanol–water partition coefficient (Wildman–Crippen LogP) is 0.400. The first kappa shape index (κ1) is 11.4. The molecule has 0 aliphatic carbocycles. The molecule has 0 heterocycles. The van der Waals surface area contributed by atoms with Crippen LogP contribution in [0.15, 0.2) is 29.3 Å². The van der Waals surface area contributed by atoms with Gasteiger partial charge in [-0.1, -0.05) is 6.07 Å². The molecule has 16 heavy (non-hydrogen) atoms. The van der Waals surface area contributed by atoms with E-state index in [2.05, 4.69) is 10.3 Å². The predicted molar refractivity (Wildman–Crippen MR) is 57.9 cm³/mol. The summed E-state index contributed by atoms with van der Waals surface area (Å²) in [7, 11) is 0. The topological polar surface area (TPSA) is 137 Å². The summed E-state index contributed by atoms with van der Waals surface area (Å²) in [5.74, 6) is -0.386. The van der Waals surface area contributed by atoms with Crippen molar-refractivity contribution in [3.05, 3.63) is 34.4 Å². The minimum absolute atomic E-state index is 0.137. The van der Waals surface area contributed by atoms with Crippen LogP contribution in [0.25, 0.3) is 0 Å². The van der Waals surface area contributed by atoms with Crippen LogP contribution < -0.4 is 16.8 Å². The van der Waals surface area contributed by atoms with Crippen molar-refractivity contribution in [1.29, 1.82) is 0 Å². The second-order valence-corrected chi connectivity index (χ2v) is 2.77. The molecule has 0 atom stereocenters. The summed E-state index contributed by atoms with van der Waals surface area (Å²) in [5, 5.41) is 12.7. The third-order valence-electron chi connectivity index (χ3n) is 1.54. The molecule has 0 aromatic heterocycles. The van der Waals surface area contributed by atoms with Crippen LogP contribution in [0.1, 0.15) is 0 Å². The summed E-state index contributed by atoms with van der Waals surface area (Å²) in [6.45, 7) is 0. The Kier molecular flexibility index (Phi) is 3.38. The fraction of sp³-hybridized carbons (Fsp3) is 0. The SMILES string of the molecule is NC(N)=NC(=O)Nc1cccc([N+](=O)[O-])c1. The van der Waals surface area contributed by atoms with Crippen LogP contribution in [0.3, 0.4) is 0 Å². The minimum Gasteiger partial charge on any atom is -0.370 e. The van der Waals surface area contributed by atoms with Crippen LogP contribution in [0, 0.1) is 10.1 Å². The van der Waals surface area contributed by atoms with E-state index in [1.165, 1.54) is 24.3 Å². The molecule has 0 saturated carbocycles. The van der Waals surface area contributed by atoms with E-state index in [9.17, 15) is 14.9 Å². The molecule has 8 heteroatoms. The molecule has 1 rings (SSSR count). The molecule has 0 spiro atoms. The Balaban J connectivity index is 2.82. The molecule has 1 aromatic carbocycles. The first-order chi connectivity index (χ1) is 7.49. The molecule has 0 radical (unpaired) electrons. The summed E-state index contributed by atoms with van der Waals surface area (Å²) >= 11 is 0. The smallest absolute Gasteiger partial charge is 0.348 e. The number of rotatable bonds is 2. The number of nitrogens with zero attached hydrogens (tertiary/aromatic N) is 2. The number of carbonyl (C=O) groups is 1. The number of hydrogen-bond donors (Lipinski definition) is 3. The molecular formula is C8H9N5O3. The molecule has 0 fully saturated rings. The Morgan fingerprint density at radius 3 is 2.69 bits per heavy atom. The number of guanidine groups is 1. The highest BCUT2D eigenvalue weighted by atomic mass is 16.6. The van der Waals surface area contributed by atoms with Crippen molar-refractivity contribution in [3.8, 4) is 0 Å². The van der Waals surface area contributed by atoms with Crippen molar-refractivity contribution >= 4 is 23.4 Å². The van der Waals surface area contributed by atoms with Gasteiger partial charge in [0.1, 0.15) is 0 Å². The quantitative estimate of drug-likeness (QED) is 0.288. The first-order valence-electron chi connectivity index (χ1n) is 4.14. The maximum atomic E-state index is 11.1. The van der Waals surface area contributed by atoms with Crippen LogP contribution in [0.2, 0.25) is 0 Å². The number of carbonyl (C=O) groups excluding carboxylic acids is 1. The van der Waals surface area contributed by atoms with Crippen molar-refractivity contribution in [2.45, 2.75) is 0 Å². The van der Waals surface area contributed by atoms with Gasteiger partial charge in [0.2, 0.25) is 0 Å². The fourth-order valence-corrected chi connectivity index (χ4v) is 0.966. The Morgan fingerprint density at radius 1 is 1.44 bits per heavy atom. The molecule has 0 aliphatic heterocycles. The van der Waals surface area contributed by atoms with Gasteiger partial charge in [0.15, 0.2) is 5.96 Å². The second-order valence-electron chi connectivity index (χ2n) is 2.77. The Bertz CT molecular complexity index is 453. The van der Waals surface area contributed by atoms with Crippen molar-refractivity contribution in [2.75, 3.05) is 5.32 Å². The summed E-state index contributed by atoms with van der Waals surface area (Å²) in [6.07, 6.45) is 0. The zero-order valence-corrected chi connectivity index (χ0v) is 8.08. The van der Waals surface area contributed by atoms with Gasteiger partial charge in [-0.3, -0.25) is 10.1 Å². The fourth-order valence-electron chi connectivity index (χ4n) is 0.966. The zero-order valence-electron chi connectivity index (χ0n) is 8.08. The normalized spacial score (nSPS) is 9.25. The van der Waals surface area contributed by atoms with Crippen LogP contribution >= 0.6 is 0 Å². The van der Waals surface area contributed by atoms with E-state index in [0.29, 0.717) is 0 Å². The largest absolute Gasteiger partial charge is 0.370 e. The van der Waals surface area contributed by atoms with Gasteiger partial charge < -0.3 is 16.8 Å². The first-order valence-corrected chi connectivity index (χ1v) is 4.14. The van der Waals surface area contributed by atoms with E-state index < -0.39 is 11.0 Å². The minimum atomic E-state index is -0.791. The molecule has 0 unspecified atom stereocenters. The van der Waals surface area contributed by atoms with E-state index in [-0.39, 0.29) is 17.3 Å². The Labute approximate surface area is 90.1 Å². The average Bonchev–Trinajstić information content (AvgIpc) is 2.16. The number of benzene rings is 1. The lowest BCUT2D eigenvalue weighted by Gasteiger charge is -2.00. The summed E-state index contributed by atoms with van der Waals surface area (Å²) in [6, 6.07) is 4.62. The van der Waals surface area contributed by atoms with Crippen molar-refractivity contribution in [1.82, 2.24) is 0 Å². The number of amides is 2. The van der Waals surface area contributed by atoms with Crippen LogP contribution in [0.4, 0.5) is 16.2 Å². The molecule has 1 aromatic rings. The highest BCUT2D eigenvalue weighted by Crippen LogP contribution is 2.16. The molecule has 0 bridgehead atoms. The second kappa shape index (κ2) is 4.73. The summed E-state index contributed by atoms with van der Waals surface area (Å²) in [5.41, 5.74) is 10.1. The number of nitro groups is 1. The number of anilines is 1. The maximum Gasteiger partial charge on any atom is 0.348 e. The average molecular weight is 223 g/mol. The third kappa shape index (κ3) is 3.25. The van der Waals surface area contributed by atoms with Gasteiger partial charge in [0.25, 0.3) is 5.69 Å². The van der Waals surface area contributed by atoms with Crippen LogP contribution in [-0.2, 0) is 0 Å². The number of hydrogen-bond acceptors (Lipinski definition) is 3. The van der Waals surface area contributed by atoms with E-state index in [1.807, 2.05) is 0 Å². The highest BCUT2D eigenvalue weighted by molar-refractivity contribution is 5.98. The van der Waals surface area contributed by atoms with Crippen LogP contribution in [-0.4, -0.2) is 16.9 Å². The lowest BCUT2D eigenvalue weighted by Crippen LogP contribution is -2.25. The molecule has 2 amide bonds. The summed E-state index contributed by atoms with van der Waals surface area (Å²) in [4.78, 5) is 24.1. The molecule has 84 valence electrons.